The fourth-order valence-corrected chi connectivity index (χ4v) is 6.63. The van der Waals surface area contributed by atoms with Crippen molar-refractivity contribution in [3.8, 4) is 34.1 Å². The van der Waals surface area contributed by atoms with E-state index in [-0.39, 0.29) is 5.41 Å². The zero-order chi connectivity index (χ0) is 31.5. The standard InChI is InChI=1S/C40H38N4O/c1-25-20-21-41-36(22-25)43-34-17-9-8-16-32(34)33-19-18-31(24-35(33)43)45-30-15-11-14-29(23-30)44-39(40(5,6)7)38(28(4)42-44)37-26(2)12-10-13-27(37)3/h8-24H,1-7H3. The van der Waals surface area contributed by atoms with Crippen molar-refractivity contribution >= 4 is 21.8 Å². The highest BCUT2D eigenvalue weighted by atomic mass is 16.5. The monoisotopic (exact) mass is 590 g/mol. The van der Waals surface area contributed by atoms with Crippen LogP contribution in [0.4, 0.5) is 0 Å². The van der Waals surface area contributed by atoms with E-state index in [1.807, 2.05) is 30.5 Å². The van der Waals surface area contributed by atoms with Gasteiger partial charge in [-0.1, -0.05) is 63.2 Å². The molecular formula is C40H38N4O. The van der Waals surface area contributed by atoms with Crippen LogP contribution < -0.4 is 4.74 Å². The molecule has 3 aromatic heterocycles. The van der Waals surface area contributed by atoms with Gasteiger partial charge in [-0.05, 0) is 92.4 Å². The molecule has 0 radical (unpaired) electrons. The predicted octanol–water partition coefficient (Wildman–Crippen LogP) is 10.4. The van der Waals surface area contributed by atoms with E-state index in [9.17, 15) is 0 Å². The minimum absolute atomic E-state index is 0.148. The molecule has 4 aromatic carbocycles. The summed E-state index contributed by atoms with van der Waals surface area (Å²) < 4.78 is 10.9. The summed E-state index contributed by atoms with van der Waals surface area (Å²) in [6.07, 6.45) is 1.87. The van der Waals surface area contributed by atoms with Crippen molar-refractivity contribution in [2.75, 3.05) is 0 Å². The van der Waals surface area contributed by atoms with Crippen LogP contribution in [0.15, 0.2) is 103 Å². The highest BCUT2D eigenvalue weighted by Crippen LogP contribution is 2.41. The summed E-state index contributed by atoms with van der Waals surface area (Å²) in [4.78, 5) is 4.72. The molecule has 0 N–H and O–H groups in total. The van der Waals surface area contributed by atoms with Gasteiger partial charge in [-0.15, -0.1) is 0 Å². The Morgan fingerprint density at radius 1 is 0.644 bits per heavy atom. The minimum Gasteiger partial charge on any atom is -0.457 e. The fourth-order valence-electron chi connectivity index (χ4n) is 6.63. The maximum Gasteiger partial charge on any atom is 0.137 e. The number of aryl methyl sites for hydroxylation is 4. The smallest absolute Gasteiger partial charge is 0.137 e. The number of hydrogen-bond donors (Lipinski definition) is 0. The van der Waals surface area contributed by atoms with E-state index in [1.54, 1.807) is 0 Å². The molecule has 0 atom stereocenters. The van der Waals surface area contributed by atoms with Crippen LogP contribution in [0.25, 0.3) is 44.4 Å². The van der Waals surface area contributed by atoms with E-state index in [4.69, 9.17) is 14.8 Å². The van der Waals surface area contributed by atoms with Crippen molar-refractivity contribution in [2.45, 2.75) is 53.9 Å². The van der Waals surface area contributed by atoms with Gasteiger partial charge in [-0.2, -0.15) is 5.10 Å². The average Bonchev–Trinajstić information content (AvgIpc) is 3.52. The Morgan fingerprint density at radius 3 is 2.11 bits per heavy atom. The number of ether oxygens (including phenoxy) is 1. The minimum atomic E-state index is -0.148. The SMILES string of the molecule is Cc1ccnc(-n2c3ccccc3c3ccc(Oc4cccc(-n5nc(C)c(-c6c(C)cccc6C)c5C(C)(C)C)c4)cc32)c1. The normalized spacial score (nSPS) is 11.9. The Bertz CT molecular complexity index is 2210. The first-order valence-corrected chi connectivity index (χ1v) is 15.5. The van der Waals surface area contributed by atoms with Crippen molar-refractivity contribution in [1.82, 2.24) is 19.3 Å². The number of nitrogens with zero attached hydrogens (tertiary/aromatic N) is 4. The van der Waals surface area contributed by atoms with Gasteiger partial charge in [0, 0.05) is 40.1 Å². The van der Waals surface area contributed by atoms with Crippen molar-refractivity contribution in [1.29, 1.82) is 0 Å². The molecule has 0 aliphatic rings. The van der Waals surface area contributed by atoms with Crippen molar-refractivity contribution in [3.63, 3.8) is 0 Å². The van der Waals surface area contributed by atoms with Crippen LogP contribution in [0.1, 0.15) is 48.8 Å². The van der Waals surface area contributed by atoms with E-state index >= 15 is 0 Å². The summed E-state index contributed by atoms with van der Waals surface area (Å²) in [5, 5.41) is 7.47. The molecule has 224 valence electrons. The molecule has 45 heavy (non-hydrogen) atoms. The molecule has 0 unspecified atom stereocenters. The third kappa shape index (κ3) is 4.98. The van der Waals surface area contributed by atoms with Gasteiger partial charge in [-0.25, -0.2) is 9.67 Å². The van der Waals surface area contributed by atoms with E-state index < -0.39 is 0 Å². The van der Waals surface area contributed by atoms with Gasteiger partial charge in [0.2, 0.25) is 0 Å². The number of aromatic nitrogens is 4. The number of pyridine rings is 1. The lowest BCUT2D eigenvalue weighted by molar-refractivity contribution is 0.482. The third-order valence-corrected chi connectivity index (χ3v) is 8.58. The average molecular weight is 591 g/mol. The first-order valence-electron chi connectivity index (χ1n) is 15.5. The Labute approximate surface area is 264 Å². The molecule has 0 fully saturated rings. The second-order valence-electron chi connectivity index (χ2n) is 13.1. The summed E-state index contributed by atoms with van der Waals surface area (Å²) in [5.74, 6) is 2.41. The summed E-state index contributed by atoms with van der Waals surface area (Å²) >= 11 is 0. The third-order valence-electron chi connectivity index (χ3n) is 8.58. The van der Waals surface area contributed by atoms with Crippen molar-refractivity contribution in [3.05, 3.63) is 131 Å². The molecule has 0 spiro atoms. The molecule has 0 aliphatic heterocycles. The molecule has 5 heteroatoms. The Balaban J connectivity index is 1.33. The first kappa shape index (κ1) is 28.6. The van der Waals surface area contributed by atoms with Crippen LogP contribution >= 0.6 is 0 Å². The summed E-state index contributed by atoms with van der Waals surface area (Å²) in [6, 6.07) is 33.7. The lowest BCUT2D eigenvalue weighted by Crippen LogP contribution is -2.19. The Hall–Kier alpha value is -5.16. The van der Waals surface area contributed by atoms with Gasteiger partial charge in [0.15, 0.2) is 0 Å². The maximum absolute atomic E-state index is 6.57. The molecule has 5 nitrogen and oxygen atoms in total. The van der Waals surface area contributed by atoms with Crippen LogP contribution in [-0.2, 0) is 5.41 Å². The molecule has 7 rings (SSSR count). The zero-order valence-corrected chi connectivity index (χ0v) is 27.0. The predicted molar refractivity (Wildman–Crippen MR) is 185 cm³/mol. The lowest BCUT2D eigenvalue weighted by atomic mass is 9.84. The van der Waals surface area contributed by atoms with Crippen LogP contribution in [0.2, 0.25) is 0 Å². The van der Waals surface area contributed by atoms with Gasteiger partial charge >= 0.3 is 0 Å². The van der Waals surface area contributed by atoms with Gasteiger partial charge in [0.05, 0.1) is 28.1 Å². The topological polar surface area (TPSA) is 44.9 Å². The number of benzene rings is 4. The number of para-hydroxylation sites is 1. The zero-order valence-electron chi connectivity index (χ0n) is 27.0. The molecule has 0 bridgehead atoms. The molecule has 0 aliphatic carbocycles. The van der Waals surface area contributed by atoms with Gasteiger partial charge in [0.1, 0.15) is 17.3 Å². The number of fused-ring (bicyclic) bond motifs is 3. The van der Waals surface area contributed by atoms with E-state index in [2.05, 4.69) is 131 Å². The van der Waals surface area contributed by atoms with Gasteiger partial charge in [0.25, 0.3) is 0 Å². The van der Waals surface area contributed by atoms with Crippen molar-refractivity contribution < 1.29 is 4.74 Å². The Morgan fingerprint density at radius 2 is 1.36 bits per heavy atom. The van der Waals surface area contributed by atoms with Crippen molar-refractivity contribution in [2.24, 2.45) is 0 Å². The number of rotatable bonds is 5. The highest BCUT2D eigenvalue weighted by molar-refractivity contribution is 6.09. The summed E-state index contributed by atoms with van der Waals surface area (Å²) in [5.41, 5.74) is 11.4. The van der Waals surface area contributed by atoms with Crippen LogP contribution in [0.3, 0.4) is 0 Å². The fraction of sp³-hybridized carbons (Fsp3) is 0.200. The molecular weight excluding hydrogens is 552 g/mol. The summed E-state index contributed by atoms with van der Waals surface area (Å²) in [7, 11) is 0. The van der Waals surface area contributed by atoms with E-state index in [0.29, 0.717) is 0 Å². The molecule has 0 saturated heterocycles. The van der Waals surface area contributed by atoms with Gasteiger partial charge in [-0.3, -0.25) is 4.57 Å². The molecule has 7 aromatic rings. The van der Waals surface area contributed by atoms with Gasteiger partial charge < -0.3 is 4.74 Å². The maximum atomic E-state index is 6.57. The summed E-state index contributed by atoms with van der Waals surface area (Å²) in [6.45, 7) is 15.4. The van der Waals surface area contributed by atoms with E-state index in [0.717, 1.165) is 45.1 Å². The van der Waals surface area contributed by atoms with Crippen LogP contribution in [0, 0.1) is 27.7 Å². The number of hydrogen-bond acceptors (Lipinski definition) is 3. The van der Waals surface area contributed by atoms with Crippen LogP contribution in [-0.4, -0.2) is 19.3 Å². The molecule has 0 saturated carbocycles. The second-order valence-corrected chi connectivity index (χ2v) is 13.1. The van der Waals surface area contributed by atoms with E-state index in [1.165, 1.54) is 38.9 Å². The highest BCUT2D eigenvalue weighted by Gasteiger charge is 2.29. The lowest BCUT2D eigenvalue weighted by Gasteiger charge is -2.24. The second kappa shape index (κ2) is 10.8. The molecule has 3 heterocycles. The quantitative estimate of drug-likeness (QED) is 0.200. The van der Waals surface area contributed by atoms with Crippen LogP contribution in [0.5, 0.6) is 11.5 Å². The largest absolute Gasteiger partial charge is 0.457 e. The first-order chi connectivity index (χ1) is 21.6. The Kier molecular flexibility index (Phi) is 6.85. The molecule has 0 amide bonds.